The van der Waals surface area contributed by atoms with Crippen LogP contribution >= 0.6 is 0 Å². The zero-order valence-electron chi connectivity index (χ0n) is 5.63. The monoisotopic (exact) mass is 128 g/mol. The zero-order chi connectivity index (χ0) is 6.85. The van der Waals surface area contributed by atoms with E-state index < -0.39 is 0 Å². The lowest BCUT2D eigenvalue weighted by atomic mass is 10.0. The topological polar surface area (TPSA) is 46.3 Å². The Morgan fingerprint density at radius 2 is 2.44 bits per heavy atom. The van der Waals surface area contributed by atoms with E-state index in [1.165, 1.54) is 5.01 Å². The minimum absolute atomic E-state index is 0.0845. The van der Waals surface area contributed by atoms with E-state index in [1.807, 2.05) is 6.92 Å². The van der Waals surface area contributed by atoms with Gasteiger partial charge < -0.3 is 0 Å². The van der Waals surface area contributed by atoms with Crippen molar-refractivity contribution in [1.82, 2.24) is 5.01 Å². The Kier molecular flexibility index (Phi) is 1.71. The van der Waals surface area contributed by atoms with Crippen molar-refractivity contribution in [1.29, 1.82) is 0 Å². The Morgan fingerprint density at radius 3 is 2.89 bits per heavy atom. The summed E-state index contributed by atoms with van der Waals surface area (Å²) in [7, 11) is 0. The lowest BCUT2D eigenvalue weighted by molar-refractivity contribution is -0.137. The molecule has 0 aromatic carbocycles. The van der Waals surface area contributed by atoms with Crippen molar-refractivity contribution in [3.63, 3.8) is 0 Å². The van der Waals surface area contributed by atoms with Crippen LogP contribution in [0.5, 0.6) is 0 Å². The van der Waals surface area contributed by atoms with Crippen LogP contribution in [0.4, 0.5) is 0 Å². The third kappa shape index (κ3) is 1.21. The molecule has 1 rings (SSSR count). The lowest BCUT2D eigenvalue weighted by Gasteiger charge is -2.25. The van der Waals surface area contributed by atoms with Gasteiger partial charge in [-0.2, -0.15) is 0 Å². The van der Waals surface area contributed by atoms with Gasteiger partial charge in [0.1, 0.15) is 0 Å². The van der Waals surface area contributed by atoms with Crippen LogP contribution in [-0.4, -0.2) is 17.5 Å². The number of hydrazine groups is 1. The summed E-state index contributed by atoms with van der Waals surface area (Å²) < 4.78 is 0. The second kappa shape index (κ2) is 2.35. The van der Waals surface area contributed by atoms with E-state index in [9.17, 15) is 4.79 Å². The number of rotatable bonds is 0. The number of carbonyl (C=O) groups excluding carboxylic acids is 1. The molecule has 0 bridgehead atoms. The maximum atomic E-state index is 10.9. The summed E-state index contributed by atoms with van der Waals surface area (Å²) in [6.45, 7) is 2.64. The van der Waals surface area contributed by atoms with Gasteiger partial charge in [-0.25, -0.2) is 5.84 Å². The highest BCUT2D eigenvalue weighted by molar-refractivity contribution is 5.78. The summed E-state index contributed by atoms with van der Waals surface area (Å²) in [5.74, 6) is 5.58. The van der Waals surface area contributed by atoms with Gasteiger partial charge in [0, 0.05) is 12.5 Å². The highest BCUT2D eigenvalue weighted by atomic mass is 16.2. The van der Waals surface area contributed by atoms with Crippen LogP contribution < -0.4 is 5.84 Å². The summed E-state index contributed by atoms with van der Waals surface area (Å²) in [6, 6.07) is 0. The van der Waals surface area contributed by atoms with Crippen LogP contribution in [0.3, 0.4) is 0 Å². The van der Waals surface area contributed by atoms with E-state index in [4.69, 9.17) is 5.84 Å². The molecule has 52 valence electrons. The Hall–Kier alpha value is -0.570. The van der Waals surface area contributed by atoms with Crippen LogP contribution in [0.1, 0.15) is 19.8 Å². The van der Waals surface area contributed by atoms with Crippen molar-refractivity contribution >= 4 is 5.91 Å². The van der Waals surface area contributed by atoms with Gasteiger partial charge in [-0.3, -0.25) is 9.80 Å². The second-order valence-electron chi connectivity index (χ2n) is 2.57. The minimum atomic E-state index is 0.0845. The highest BCUT2D eigenvalue weighted by Crippen LogP contribution is 2.13. The van der Waals surface area contributed by atoms with Crippen molar-refractivity contribution in [2.45, 2.75) is 19.8 Å². The van der Waals surface area contributed by atoms with Crippen molar-refractivity contribution in [2.24, 2.45) is 11.8 Å². The van der Waals surface area contributed by atoms with Crippen LogP contribution in [-0.2, 0) is 4.79 Å². The lowest BCUT2D eigenvalue weighted by Crippen LogP contribution is -2.44. The van der Waals surface area contributed by atoms with E-state index in [-0.39, 0.29) is 11.8 Å². The minimum Gasteiger partial charge on any atom is -0.280 e. The maximum absolute atomic E-state index is 10.9. The smallest absolute Gasteiger partial charge is 0.239 e. The van der Waals surface area contributed by atoms with Crippen molar-refractivity contribution in [3.8, 4) is 0 Å². The van der Waals surface area contributed by atoms with Gasteiger partial charge in [-0.05, 0) is 12.8 Å². The molecule has 1 fully saturated rings. The molecule has 2 N–H and O–H groups in total. The highest BCUT2D eigenvalue weighted by Gasteiger charge is 2.21. The van der Waals surface area contributed by atoms with Crippen LogP contribution in [0.15, 0.2) is 0 Å². The largest absolute Gasteiger partial charge is 0.280 e. The molecule has 1 atom stereocenters. The van der Waals surface area contributed by atoms with Crippen molar-refractivity contribution < 1.29 is 4.79 Å². The predicted octanol–water partition coefficient (Wildman–Crippen LogP) is 0.119. The average molecular weight is 128 g/mol. The van der Waals surface area contributed by atoms with Gasteiger partial charge in [-0.15, -0.1) is 0 Å². The molecule has 1 heterocycles. The Balaban J connectivity index is 2.52. The SMILES string of the molecule is CC1CCCN(N)C1=O. The standard InChI is InChI=1S/C6H12N2O/c1-5-3-2-4-8(7)6(5)9/h5H,2-4,7H2,1H3. The third-order valence-corrected chi connectivity index (χ3v) is 1.74. The van der Waals surface area contributed by atoms with Gasteiger partial charge in [-0.1, -0.05) is 6.92 Å². The van der Waals surface area contributed by atoms with Crippen molar-refractivity contribution in [3.05, 3.63) is 0 Å². The summed E-state index contributed by atoms with van der Waals surface area (Å²) in [5, 5.41) is 1.31. The quantitative estimate of drug-likeness (QED) is 0.372. The van der Waals surface area contributed by atoms with Gasteiger partial charge in [0.25, 0.3) is 0 Å². The Labute approximate surface area is 54.8 Å². The van der Waals surface area contributed by atoms with Crippen molar-refractivity contribution in [2.75, 3.05) is 6.54 Å². The fraction of sp³-hybridized carbons (Fsp3) is 0.833. The third-order valence-electron chi connectivity index (χ3n) is 1.74. The molecule has 1 aliphatic heterocycles. The fourth-order valence-corrected chi connectivity index (χ4v) is 1.08. The molecule has 0 aromatic heterocycles. The van der Waals surface area contributed by atoms with E-state index in [0.717, 1.165) is 19.4 Å². The molecule has 3 heteroatoms. The van der Waals surface area contributed by atoms with E-state index >= 15 is 0 Å². The molecule has 0 radical (unpaired) electrons. The van der Waals surface area contributed by atoms with Crippen LogP contribution in [0.25, 0.3) is 0 Å². The fourth-order valence-electron chi connectivity index (χ4n) is 1.08. The number of nitrogens with zero attached hydrogens (tertiary/aromatic N) is 1. The predicted molar refractivity (Wildman–Crippen MR) is 34.3 cm³/mol. The molecule has 1 unspecified atom stereocenters. The molecule has 0 aliphatic carbocycles. The number of amides is 1. The second-order valence-corrected chi connectivity index (χ2v) is 2.57. The molecule has 3 nitrogen and oxygen atoms in total. The summed E-state index contributed by atoms with van der Waals surface area (Å²) in [5.41, 5.74) is 0. The molecule has 1 aliphatic rings. The molecular weight excluding hydrogens is 116 g/mol. The molecule has 0 spiro atoms. The van der Waals surface area contributed by atoms with Gasteiger partial charge in [0.2, 0.25) is 5.91 Å². The van der Waals surface area contributed by atoms with Gasteiger partial charge in [0.05, 0.1) is 0 Å². The molecule has 1 saturated heterocycles. The molecular formula is C6H12N2O. The number of piperidine rings is 1. The average Bonchev–Trinajstić information content (AvgIpc) is 1.83. The first kappa shape index (κ1) is 6.55. The van der Waals surface area contributed by atoms with E-state index in [1.54, 1.807) is 0 Å². The number of nitrogens with two attached hydrogens (primary N) is 1. The summed E-state index contributed by atoms with van der Waals surface area (Å²) >= 11 is 0. The molecule has 0 saturated carbocycles. The first-order valence-corrected chi connectivity index (χ1v) is 3.28. The van der Waals surface area contributed by atoms with Gasteiger partial charge in [0.15, 0.2) is 0 Å². The van der Waals surface area contributed by atoms with E-state index in [2.05, 4.69) is 0 Å². The van der Waals surface area contributed by atoms with E-state index in [0.29, 0.717) is 0 Å². The zero-order valence-corrected chi connectivity index (χ0v) is 5.63. The first-order valence-electron chi connectivity index (χ1n) is 3.28. The molecule has 1 amide bonds. The summed E-state index contributed by atoms with van der Waals surface area (Å²) in [4.78, 5) is 10.9. The first-order chi connectivity index (χ1) is 4.22. The number of hydrogen-bond donors (Lipinski definition) is 1. The molecule has 0 aromatic rings. The maximum Gasteiger partial charge on any atom is 0.239 e. The Bertz CT molecular complexity index is 112. The van der Waals surface area contributed by atoms with Crippen LogP contribution in [0, 0.1) is 5.92 Å². The normalized spacial score (nSPS) is 28.9. The number of hydrogen-bond acceptors (Lipinski definition) is 2. The van der Waals surface area contributed by atoms with Gasteiger partial charge >= 0.3 is 0 Å². The molecule has 9 heavy (non-hydrogen) atoms. The van der Waals surface area contributed by atoms with Crippen LogP contribution in [0.2, 0.25) is 0 Å². The summed E-state index contributed by atoms with van der Waals surface area (Å²) in [6.07, 6.45) is 2.04. The Morgan fingerprint density at radius 1 is 1.78 bits per heavy atom. The number of carbonyl (C=O) groups is 1.